The average Bonchev–Trinajstić information content (AvgIpc) is 2.34. The fourth-order valence-electron chi connectivity index (χ4n) is 0.535. The maximum absolute atomic E-state index is 4.94. The second kappa shape index (κ2) is 3.07. The van der Waals surface area contributed by atoms with Crippen LogP contribution in [-0.2, 0) is 0 Å². The molecular weight excluding hydrogens is 114 g/mol. The van der Waals surface area contributed by atoms with E-state index in [1.165, 1.54) is 0 Å². The summed E-state index contributed by atoms with van der Waals surface area (Å²) >= 11 is 0. The number of oxazole rings is 1. The molecule has 1 heterocycles. The Labute approximate surface area is 54.2 Å². The summed E-state index contributed by atoms with van der Waals surface area (Å²) in [4.78, 5) is 3.90. The van der Waals surface area contributed by atoms with Crippen molar-refractivity contribution < 1.29 is 4.42 Å². The molecule has 0 aliphatic heterocycles. The van der Waals surface area contributed by atoms with E-state index in [4.69, 9.17) is 4.42 Å². The first-order valence-electron chi connectivity index (χ1n) is 2.99. The van der Waals surface area contributed by atoms with Crippen LogP contribution in [0.4, 0.5) is 0 Å². The summed E-state index contributed by atoms with van der Waals surface area (Å²) in [5, 5.41) is 0. The van der Waals surface area contributed by atoms with Crippen LogP contribution in [0.15, 0.2) is 23.0 Å². The summed E-state index contributed by atoms with van der Waals surface area (Å²) in [6, 6.07) is 0. The van der Waals surface area contributed by atoms with Crippen molar-refractivity contribution in [3.8, 4) is 0 Å². The third-order valence-corrected chi connectivity index (χ3v) is 0.948. The highest BCUT2D eigenvalue weighted by atomic mass is 16.3. The number of hydrogen-bond donors (Lipinski definition) is 0. The summed E-state index contributed by atoms with van der Waals surface area (Å²) in [5.74, 6) is 0.678. The van der Waals surface area contributed by atoms with Crippen molar-refractivity contribution in [2.45, 2.75) is 13.3 Å². The van der Waals surface area contributed by atoms with Crippen LogP contribution in [0.5, 0.6) is 0 Å². The maximum Gasteiger partial charge on any atom is 0.218 e. The number of rotatable bonds is 2. The fraction of sp³-hybridized carbons (Fsp3) is 0.286. The zero-order valence-corrected chi connectivity index (χ0v) is 5.37. The summed E-state index contributed by atoms with van der Waals surface area (Å²) in [7, 11) is 0. The van der Waals surface area contributed by atoms with Crippen molar-refractivity contribution in [2.24, 2.45) is 0 Å². The smallest absolute Gasteiger partial charge is 0.218 e. The Kier molecular flexibility index (Phi) is 2.07. The molecule has 0 aliphatic carbocycles. The average molecular weight is 123 g/mol. The van der Waals surface area contributed by atoms with Gasteiger partial charge in [-0.2, -0.15) is 0 Å². The van der Waals surface area contributed by atoms with E-state index in [1.807, 2.05) is 12.2 Å². The minimum atomic E-state index is 0.678. The van der Waals surface area contributed by atoms with E-state index >= 15 is 0 Å². The standard InChI is InChI=1S/C7H9NO/c1-2-3-4-7-8-5-6-9-7/h3-6H,2H2,1H3/b4-3+. The van der Waals surface area contributed by atoms with Gasteiger partial charge in [0, 0.05) is 0 Å². The van der Waals surface area contributed by atoms with Crippen molar-refractivity contribution in [2.75, 3.05) is 0 Å². The van der Waals surface area contributed by atoms with Gasteiger partial charge >= 0.3 is 0 Å². The van der Waals surface area contributed by atoms with Gasteiger partial charge in [0.2, 0.25) is 5.89 Å². The van der Waals surface area contributed by atoms with Gasteiger partial charge < -0.3 is 4.42 Å². The van der Waals surface area contributed by atoms with Gasteiger partial charge in [-0.25, -0.2) is 4.98 Å². The molecule has 0 atom stereocenters. The van der Waals surface area contributed by atoms with Gasteiger partial charge in [0.15, 0.2) is 0 Å². The molecule has 0 aliphatic rings. The molecule has 0 amide bonds. The van der Waals surface area contributed by atoms with Gasteiger partial charge in [0.25, 0.3) is 0 Å². The zero-order valence-electron chi connectivity index (χ0n) is 5.37. The molecule has 0 fully saturated rings. The van der Waals surface area contributed by atoms with Crippen LogP contribution in [0.3, 0.4) is 0 Å². The lowest BCUT2D eigenvalue weighted by molar-refractivity contribution is 0.546. The van der Waals surface area contributed by atoms with Gasteiger partial charge in [-0.05, 0) is 12.5 Å². The second-order valence-corrected chi connectivity index (χ2v) is 1.68. The molecule has 9 heavy (non-hydrogen) atoms. The zero-order chi connectivity index (χ0) is 6.53. The first-order chi connectivity index (χ1) is 4.43. The lowest BCUT2D eigenvalue weighted by Crippen LogP contribution is -1.65. The van der Waals surface area contributed by atoms with Gasteiger partial charge in [0.05, 0.1) is 6.20 Å². The molecule has 0 N–H and O–H groups in total. The van der Waals surface area contributed by atoms with Crippen molar-refractivity contribution in [1.29, 1.82) is 0 Å². The molecule has 48 valence electrons. The largest absolute Gasteiger partial charge is 0.445 e. The molecule has 0 saturated carbocycles. The Morgan fingerprint density at radius 2 is 2.67 bits per heavy atom. The van der Waals surface area contributed by atoms with Crippen LogP contribution >= 0.6 is 0 Å². The highest BCUT2D eigenvalue weighted by Crippen LogP contribution is 1.97. The fourth-order valence-corrected chi connectivity index (χ4v) is 0.535. The monoisotopic (exact) mass is 123 g/mol. The van der Waals surface area contributed by atoms with E-state index in [2.05, 4.69) is 11.9 Å². The SMILES string of the molecule is CC/C=C/c1ncco1. The molecule has 0 radical (unpaired) electrons. The first-order valence-corrected chi connectivity index (χ1v) is 2.99. The summed E-state index contributed by atoms with van der Waals surface area (Å²) in [5.41, 5.74) is 0. The first kappa shape index (κ1) is 6.08. The normalized spacial score (nSPS) is 10.8. The Bertz CT molecular complexity index is 177. The third-order valence-electron chi connectivity index (χ3n) is 0.948. The number of nitrogens with zero attached hydrogens (tertiary/aromatic N) is 1. The number of aromatic nitrogens is 1. The topological polar surface area (TPSA) is 26.0 Å². The Morgan fingerprint density at radius 3 is 3.22 bits per heavy atom. The predicted molar refractivity (Wildman–Crippen MR) is 35.8 cm³/mol. The van der Waals surface area contributed by atoms with Crippen molar-refractivity contribution in [3.63, 3.8) is 0 Å². The van der Waals surface area contributed by atoms with Crippen LogP contribution in [0, 0.1) is 0 Å². The highest BCUT2D eigenvalue weighted by Gasteiger charge is 1.84. The van der Waals surface area contributed by atoms with Crippen molar-refractivity contribution in [1.82, 2.24) is 4.98 Å². The van der Waals surface area contributed by atoms with Gasteiger partial charge in [0.1, 0.15) is 6.26 Å². The quantitative estimate of drug-likeness (QED) is 0.601. The van der Waals surface area contributed by atoms with E-state index in [-0.39, 0.29) is 0 Å². The highest BCUT2D eigenvalue weighted by molar-refractivity contribution is 5.36. The third kappa shape index (κ3) is 1.72. The second-order valence-electron chi connectivity index (χ2n) is 1.68. The van der Waals surface area contributed by atoms with Crippen molar-refractivity contribution in [3.05, 3.63) is 24.4 Å². The van der Waals surface area contributed by atoms with E-state index < -0.39 is 0 Å². The summed E-state index contributed by atoms with van der Waals surface area (Å²) in [6.07, 6.45) is 8.08. The van der Waals surface area contributed by atoms with E-state index in [0.717, 1.165) is 6.42 Å². The van der Waals surface area contributed by atoms with Crippen LogP contribution in [0.25, 0.3) is 6.08 Å². The Balaban J connectivity index is 2.57. The van der Waals surface area contributed by atoms with E-state index in [9.17, 15) is 0 Å². The van der Waals surface area contributed by atoms with Crippen LogP contribution < -0.4 is 0 Å². The Morgan fingerprint density at radius 1 is 1.78 bits per heavy atom. The molecule has 0 bridgehead atoms. The molecule has 0 spiro atoms. The van der Waals surface area contributed by atoms with Gasteiger partial charge in [-0.15, -0.1) is 0 Å². The predicted octanol–water partition coefficient (Wildman–Crippen LogP) is 2.10. The van der Waals surface area contributed by atoms with E-state index in [0.29, 0.717) is 5.89 Å². The van der Waals surface area contributed by atoms with E-state index in [1.54, 1.807) is 12.5 Å². The molecular formula is C7H9NO. The van der Waals surface area contributed by atoms with Crippen LogP contribution in [0.2, 0.25) is 0 Å². The lowest BCUT2D eigenvalue weighted by Gasteiger charge is -1.77. The molecule has 1 aromatic heterocycles. The minimum Gasteiger partial charge on any atom is -0.445 e. The molecule has 1 aromatic rings. The molecule has 0 saturated heterocycles. The number of allylic oxidation sites excluding steroid dienone is 1. The summed E-state index contributed by atoms with van der Waals surface area (Å²) < 4.78 is 4.94. The molecule has 0 unspecified atom stereocenters. The van der Waals surface area contributed by atoms with Crippen LogP contribution in [-0.4, -0.2) is 4.98 Å². The molecule has 2 heteroatoms. The summed E-state index contributed by atoms with van der Waals surface area (Å²) in [6.45, 7) is 2.07. The number of hydrogen-bond acceptors (Lipinski definition) is 2. The molecule has 1 rings (SSSR count). The Hall–Kier alpha value is -1.05. The minimum absolute atomic E-state index is 0.678. The molecule has 2 nitrogen and oxygen atoms in total. The van der Waals surface area contributed by atoms with Gasteiger partial charge in [-0.3, -0.25) is 0 Å². The van der Waals surface area contributed by atoms with Crippen molar-refractivity contribution >= 4 is 6.08 Å². The van der Waals surface area contributed by atoms with Gasteiger partial charge in [-0.1, -0.05) is 13.0 Å². The van der Waals surface area contributed by atoms with Crippen LogP contribution in [0.1, 0.15) is 19.2 Å². The maximum atomic E-state index is 4.94. The lowest BCUT2D eigenvalue weighted by atomic mass is 10.4. The molecule has 0 aromatic carbocycles.